The van der Waals surface area contributed by atoms with Crippen LogP contribution in [-0.2, 0) is 0 Å². The van der Waals surface area contributed by atoms with E-state index in [1.807, 2.05) is 0 Å². The quantitative estimate of drug-likeness (QED) is 0.786. The first-order valence-electron chi connectivity index (χ1n) is 6.60. The Morgan fingerprint density at radius 3 is 3.10 bits per heavy atom. The van der Waals surface area contributed by atoms with Gasteiger partial charge in [-0.05, 0) is 25.3 Å². The summed E-state index contributed by atoms with van der Waals surface area (Å²) in [6, 6.07) is 0. The minimum Gasteiger partial charge on any atom is -0.392 e. The molecule has 1 aliphatic carbocycles. The van der Waals surface area contributed by atoms with Gasteiger partial charge >= 0.3 is 0 Å². The molecular weight excluding hydrogens is 256 g/mol. The molecule has 0 unspecified atom stereocenters. The lowest BCUT2D eigenvalue weighted by atomic mass is 10.2. The van der Waals surface area contributed by atoms with E-state index in [4.69, 9.17) is 5.11 Å². The van der Waals surface area contributed by atoms with E-state index in [0.29, 0.717) is 28.2 Å². The number of aromatic amines is 1. The normalized spacial score (nSPS) is 15.6. The Balaban J connectivity index is 1.90. The average Bonchev–Trinajstić information content (AvgIpc) is 3.23. The highest BCUT2D eigenvalue weighted by Gasteiger charge is 2.26. The predicted octanol–water partition coefficient (Wildman–Crippen LogP) is 1.46. The number of carbonyl (C=O) groups is 1. The Kier molecular flexibility index (Phi) is 3.23. The van der Waals surface area contributed by atoms with E-state index in [1.165, 1.54) is 6.20 Å². The van der Waals surface area contributed by atoms with Crippen LogP contribution >= 0.6 is 0 Å². The number of nitrogens with zero attached hydrogens (tertiary/aromatic N) is 2. The van der Waals surface area contributed by atoms with Crippen LogP contribution in [0.25, 0.3) is 11.2 Å². The highest BCUT2D eigenvalue weighted by molar-refractivity contribution is 6.04. The van der Waals surface area contributed by atoms with Gasteiger partial charge in [0.1, 0.15) is 5.52 Å². The van der Waals surface area contributed by atoms with Gasteiger partial charge in [-0.25, -0.2) is 9.97 Å². The van der Waals surface area contributed by atoms with E-state index >= 15 is 0 Å². The van der Waals surface area contributed by atoms with Crippen LogP contribution in [0, 0.1) is 0 Å². The molecule has 0 aliphatic heterocycles. The molecule has 0 bridgehead atoms. The van der Waals surface area contributed by atoms with Crippen LogP contribution in [0.4, 0.5) is 0 Å². The number of nitrogens with one attached hydrogen (secondary N) is 2. The monoisotopic (exact) mass is 272 g/mol. The number of hydrogen-bond acceptors (Lipinski definition) is 4. The second-order valence-electron chi connectivity index (χ2n) is 5.09. The van der Waals surface area contributed by atoms with Crippen LogP contribution in [0.5, 0.6) is 0 Å². The van der Waals surface area contributed by atoms with Crippen molar-refractivity contribution in [3.8, 4) is 0 Å². The van der Waals surface area contributed by atoms with Gasteiger partial charge in [-0.1, -0.05) is 0 Å². The third kappa shape index (κ3) is 2.42. The SMILES string of the molecule is CC(=CNC(=O)c1c[nH]c2ncc(C3CC3)nc12)CO. The molecule has 1 fully saturated rings. The van der Waals surface area contributed by atoms with E-state index in [0.717, 1.165) is 18.5 Å². The van der Waals surface area contributed by atoms with Gasteiger partial charge in [0, 0.05) is 18.3 Å². The summed E-state index contributed by atoms with van der Waals surface area (Å²) < 4.78 is 0. The molecule has 104 valence electrons. The second kappa shape index (κ2) is 5.05. The molecule has 1 saturated carbocycles. The summed E-state index contributed by atoms with van der Waals surface area (Å²) in [4.78, 5) is 23.9. The lowest BCUT2D eigenvalue weighted by molar-refractivity contribution is 0.0971. The molecule has 1 aliphatic rings. The van der Waals surface area contributed by atoms with Gasteiger partial charge in [0.25, 0.3) is 5.91 Å². The molecule has 1 amide bonds. The average molecular weight is 272 g/mol. The van der Waals surface area contributed by atoms with Gasteiger partial charge in [-0.3, -0.25) is 4.79 Å². The fourth-order valence-corrected chi connectivity index (χ4v) is 1.97. The fraction of sp³-hybridized carbons (Fsp3) is 0.357. The van der Waals surface area contributed by atoms with E-state index < -0.39 is 0 Å². The fourth-order valence-electron chi connectivity index (χ4n) is 1.97. The van der Waals surface area contributed by atoms with Gasteiger partial charge in [-0.2, -0.15) is 0 Å². The van der Waals surface area contributed by atoms with Crippen molar-refractivity contribution < 1.29 is 9.90 Å². The Morgan fingerprint density at radius 1 is 1.60 bits per heavy atom. The van der Waals surface area contributed by atoms with Crippen LogP contribution < -0.4 is 5.32 Å². The maximum atomic E-state index is 12.1. The number of H-pyrrole nitrogens is 1. The number of aliphatic hydroxyl groups is 1. The van der Waals surface area contributed by atoms with Crippen LogP contribution in [0.15, 0.2) is 24.2 Å². The maximum Gasteiger partial charge on any atom is 0.259 e. The zero-order valence-electron chi connectivity index (χ0n) is 11.2. The molecule has 0 atom stereocenters. The summed E-state index contributed by atoms with van der Waals surface area (Å²) in [5.74, 6) is 0.237. The molecule has 0 aromatic carbocycles. The predicted molar refractivity (Wildman–Crippen MR) is 74.2 cm³/mol. The van der Waals surface area contributed by atoms with Gasteiger partial charge in [0.05, 0.1) is 24.1 Å². The summed E-state index contributed by atoms with van der Waals surface area (Å²) in [6.07, 6.45) is 7.17. The van der Waals surface area contributed by atoms with Gasteiger partial charge < -0.3 is 15.4 Å². The van der Waals surface area contributed by atoms with Crippen molar-refractivity contribution >= 4 is 17.1 Å². The first kappa shape index (κ1) is 12.8. The second-order valence-corrected chi connectivity index (χ2v) is 5.09. The zero-order valence-corrected chi connectivity index (χ0v) is 11.2. The summed E-state index contributed by atoms with van der Waals surface area (Å²) in [5, 5.41) is 11.5. The minimum absolute atomic E-state index is 0.0835. The summed E-state index contributed by atoms with van der Waals surface area (Å²) in [7, 11) is 0. The molecule has 2 heterocycles. The maximum absolute atomic E-state index is 12.1. The van der Waals surface area contributed by atoms with Gasteiger partial charge in [0.2, 0.25) is 0 Å². The Hall–Kier alpha value is -2.21. The standard InChI is InChI=1S/C14H16N4O2/c1-8(7-19)4-17-14(20)10-5-15-13-12(10)18-11(6-16-13)9-2-3-9/h4-6,9,19H,2-3,7H2,1H3,(H,15,16)(H,17,20). The van der Waals surface area contributed by atoms with Crippen molar-refractivity contribution in [2.45, 2.75) is 25.7 Å². The van der Waals surface area contributed by atoms with Gasteiger partial charge in [0.15, 0.2) is 5.65 Å². The number of amides is 1. The molecular formula is C14H16N4O2. The molecule has 0 saturated heterocycles. The summed E-state index contributed by atoms with van der Waals surface area (Å²) in [5.41, 5.74) is 3.32. The first-order valence-corrected chi connectivity index (χ1v) is 6.60. The number of carbonyl (C=O) groups excluding carboxylic acids is 1. The number of hydrogen-bond donors (Lipinski definition) is 3. The van der Waals surface area contributed by atoms with Crippen molar-refractivity contribution in [2.75, 3.05) is 6.61 Å². The summed E-state index contributed by atoms with van der Waals surface area (Å²) >= 11 is 0. The minimum atomic E-state index is -0.258. The van der Waals surface area contributed by atoms with Crippen molar-refractivity contribution in [3.05, 3.63) is 35.4 Å². The molecule has 3 N–H and O–H groups in total. The smallest absolute Gasteiger partial charge is 0.259 e. The van der Waals surface area contributed by atoms with E-state index in [2.05, 4.69) is 20.3 Å². The topological polar surface area (TPSA) is 90.9 Å². The molecule has 2 aromatic heterocycles. The Bertz CT molecular complexity index is 686. The molecule has 3 rings (SSSR count). The lowest BCUT2D eigenvalue weighted by Crippen LogP contribution is -2.18. The van der Waals surface area contributed by atoms with E-state index in [1.54, 1.807) is 19.3 Å². The highest BCUT2D eigenvalue weighted by atomic mass is 16.3. The van der Waals surface area contributed by atoms with Crippen LogP contribution in [0.1, 0.15) is 41.7 Å². The molecule has 6 nitrogen and oxygen atoms in total. The molecule has 0 radical (unpaired) electrons. The number of aliphatic hydroxyl groups excluding tert-OH is 1. The number of rotatable bonds is 4. The van der Waals surface area contributed by atoms with Crippen LogP contribution in [0.2, 0.25) is 0 Å². The largest absolute Gasteiger partial charge is 0.392 e. The van der Waals surface area contributed by atoms with Gasteiger partial charge in [-0.15, -0.1) is 0 Å². The van der Waals surface area contributed by atoms with Crippen molar-refractivity contribution in [2.24, 2.45) is 0 Å². The van der Waals surface area contributed by atoms with E-state index in [-0.39, 0.29) is 12.5 Å². The number of aromatic nitrogens is 3. The highest BCUT2D eigenvalue weighted by Crippen LogP contribution is 2.39. The Morgan fingerprint density at radius 2 is 2.40 bits per heavy atom. The molecule has 2 aromatic rings. The van der Waals surface area contributed by atoms with Crippen molar-refractivity contribution in [1.29, 1.82) is 0 Å². The van der Waals surface area contributed by atoms with Crippen molar-refractivity contribution in [3.63, 3.8) is 0 Å². The van der Waals surface area contributed by atoms with Crippen molar-refractivity contribution in [1.82, 2.24) is 20.3 Å². The third-order valence-electron chi connectivity index (χ3n) is 3.34. The Labute approximate surface area is 115 Å². The van der Waals surface area contributed by atoms with Crippen LogP contribution in [0.3, 0.4) is 0 Å². The first-order chi connectivity index (χ1) is 9.69. The zero-order chi connectivity index (χ0) is 14.1. The number of fused-ring (bicyclic) bond motifs is 1. The lowest BCUT2D eigenvalue weighted by Gasteiger charge is -2.01. The summed E-state index contributed by atoms with van der Waals surface area (Å²) in [6.45, 7) is 1.65. The molecule has 0 spiro atoms. The van der Waals surface area contributed by atoms with E-state index in [9.17, 15) is 4.79 Å². The molecule has 20 heavy (non-hydrogen) atoms. The van der Waals surface area contributed by atoms with Crippen LogP contribution in [-0.4, -0.2) is 32.6 Å². The molecule has 6 heteroatoms. The third-order valence-corrected chi connectivity index (χ3v) is 3.34.